The van der Waals surface area contributed by atoms with E-state index < -0.39 is 17.2 Å². The molecule has 0 radical (unpaired) electrons. The minimum absolute atomic E-state index is 0.0819. The number of piperidine rings is 1. The van der Waals surface area contributed by atoms with Gasteiger partial charge in [0.05, 0.1) is 18.8 Å². The summed E-state index contributed by atoms with van der Waals surface area (Å²) in [6, 6.07) is 0. The molecule has 0 N–H and O–H groups in total. The van der Waals surface area contributed by atoms with E-state index in [4.69, 9.17) is 18.8 Å². The van der Waals surface area contributed by atoms with Crippen LogP contribution in [0.25, 0.3) is 0 Å². The number of ether oxygens (including phenoxy) is 2. The Morgan fingerprint density at radius 2 is 1.91 bits per heavy atom. The van der Waals surface area contributed by atoms with E-state index in [-0.39, 0.29) is 30.7 Å². The van der Waals surface area contributed by atoms with Crippen molar-refractivity contribution in [2.45, 2.75) is 109 Å². The van der Waals surface area contributed by atoms with Crippen LogP contribution < -0.4 is 0 Å². The lowest BCUT2D eigenvalue weighted by atomic mass is 9.43. The molecule has 0 aromatic rings. The number of methoxy groups -OCH3 is 1. The molecule has 0 aromatic carbocycles. The van der Waals surface area contributed by atoms with Crippen molar-refractivity contribution < 1.29 is 28.4 Å². The average molecular weight is 475 g/mol. The van der Waals surface area contributed by atoms with E-state index in [1.807, 2.05) is 20.8 Å². The second-order valence-electron chi connectivity index (χ2n) is 13.2. The van der Waals surface area contributed by atoms with E-state index in [0.29, 0.717) is 30.2 Å². The van der Waals surface area contributed by atoms with E-state index in [1.165, 1.54) is 13.5 Å². The molecule has 1 amide bonds. The number of hydrogen-bond donors (Lipinski definition) is 0. The van der Waals surface area contributed by atoms with Crippen LogP contribution in [-0.4, -0.2) is 60.6 Å². The summed E-state index contributed by atoms with van der Waals surface area (Å²) in [7, 11) is 1.24. The van der Waals surface area contributed by atoms with Gasteiger partial charge in [-0.15, -0.1) is 0 Å². The highest BCUT2D eigenvalue weighted by molar-refractivity contribution is 6.45. The summed E-state index contributed by atoms with van der Waals surface area (Å²) in [6.07, 6.45) is 6.27. The summed E-state index contributed by atoms with van der Waals surface area (Å²) in [5.41, 5.74) is -1.37. The maximum absolute atomic E-state index is 13.1. The molecule has 190 valence electrons. The van der Waals surface area contributed by atoms with Crippen molar-refractivity contribution in [1.82, 2.24) is 4.90 Å². The van der Waals surface area contributed by atoms with Crippen LogP contribution in [0.5, 0.6) is 0 Å². The molecule has 34 heavy (non-hydrogen) atoms. The predicted octanol–water partition coefficient (Wildman–Crippen LogP) is 4.68. The van der Waals surface area contributed by atoms with Crippen LogP contribution >= 0.6 is 0 Å². The molecular formula is C26H42BNO6. The highest BCUT2D eigenvalue weighted by Crippen LogP contribution is 2.66. The lowest BCUT2D eigenvalue weighted by Gasteiger charge is -2.64. The molecule has 6 fully saturated rings. The fourth-order valence-corrected chi connectivity index (χ4v) is 8.28. The van der Waals surface area contributed by atoms with Gasteiger partial charge >= 0.3 is 19.2 Å². The van der Waals surface area contributed by atoms with Gasteiger partial charge in [-0.25, -0.2) is 9.59 Å². The highest BCUT2D eigenvalue weighted by atomic mass is 16.7. The predicted molar refractivity (Wildman–Crippen MR) is 128 cm³/mol. The second-order valence-corrected chi connectivity index (χ2v) is 13.2. The number of carbonyl (C=O) groups is 2. The fourth-order valence-electron chi connectivity index (χ4n) is 8.28. The number of esters is 1. The van der Waals surface area contributed by atoms with Crippen LogP contribution in [0.2, 0.25) is 6.32 Å². The van der Waals surface area contributed by atoms with E-state index in [9.17, 15) is 9.59 Å². The number of carbonyl (C=O) groups excluding carboxylic acids is 2. The van der Waals surface area contributed by atoms with E-state index in [0.717, 1.165) is 37.9 Å². The Hall–Kier alpha value is -1.28. The van der Waals surface area contributed by atoms with Crippen LogP contribution in [-0.2, 0) is 23.6 Å². The van der Waals surface area contributed by atoms with Crippen molar-refractivity contribution in [2.75, 3.05) is 13.7 Å². The molecule has 4 saturated carbocycles. The summed E-state index contributed by atoms with van der Waals surface area (Å²) in [6.45, 7) is 13.1. The van der Waals surface area contributed by atoms with Gasteiger partial charge in [-0.1, -0.05) is 20.3 Å². The van der Waals surface area contributed by atoms with Gasteiger partial charge in [0, 0.05) is 6.54 Å². The standard InChI is InChI=1S/C26H42BNO6/c1-23(2,3)32-22(30)28-15-16-10-11-26(28,21(29)31-7)18(16)9-8-12-27-33-20-14-17-13-19(24(17,4)5)25(20,6)34-27/h16-20H,8-15H2,1-7H3/t16-,17-,18+,19-,20+,25-,26+/m0/s1. The zero-order valence-electron chi connectivity index (χ0n) is 22.0. The van der Waals surface area contributed by atoms with Gasteiger partial charge in [0.2, 0.25) is 0 Å². The Morgan fingerprint density at radius 1 is 1.18 bits per heavy atom. The van der Waals surface area contributed by atoms with Crippen molar-refractivity contribution in [3.05, 3.63) is 0 Å². The van der Waals surface area contributed by atoms with Crippen LogP contribution in [0.3, 0.4) is 0 Å². The molecule has 4 aliphatic carbocycles. The maximum Gasteiger partial charge on any atom is 0.457 e. The van der Waals surface area contributed by atoms with Gasteiger partial charge in [0.25, 0.3) is 0 Å². The third-order valence-corrected chi connectivity index (χ3v) is 10.1. The lowest BCUT2D eigenvalue weighted by molar-refractivity contribution is -0.199. The second kappa shape index (κ2) is 7.86. The molecule has 4 bridgehead atoms. The third-order valence-electron chi connectivity index (χ3n) is 10.1. The first-order chi connectivity index (χ1) is 15.8. The molecule has 2 saturated heterocycles. The number of rotatable bonds is 5. The monoisotopic (exact) mass is 475 g/mol. The van der Waals surface area contributed by atoms with Gasteiger partial charge in [0.15, 0.2) is 0 Å². The number of fused-ring (bicyclic) bond motifs is 2. The van der Waals surface area contributed by atoms with Crippen molar-refractivity contribution in [2.24, 2.45) is 29.1 Å². The first kappa shape index (κ1) is 24.4. The maximum atomic E-state index is 13.1. The first-order valence-corrected chi connectivity index (χ1v) is 13.2. The molecule has 2 heterocycles. The topological polar surface area (TPSA) is 74.3 Å². The van der Waals surface area contributed by atoms with Crippen LogP contribution in [0.15, 0.2) is 0 Å². The molecule has 8 heteroatoms. The van der Waals surface area contributed by atoms with Crippen LogP contribution in [0, 0.1) is 29.1 Å². The van der Waals surface area contributed by atoms with Crippen molar-refractivity contribution in [3.63, 3.8) is 0 Å². The molecular weight excluding hydrogens is 433 g/mol. The number of nitrogens with zero attached hydrogens (tertiary/aromatic N) is 1. The van der Waals surface area contributed by atoms with Crippen molar-refractivity contribution in [3.8, 4) is 0 Å². The first-order valence-electron chi connectivity index (χ1n) is 13.2. The van der Waals surface area contributed by atoms with Gasteiger partial charge in [0.1, 0.15) is 11.1 Å². The summed E-state index contributed by atoms with van der Waals surface area (Å²) in [5, 5.41) is 0. The third kappa shape index (κ3) is 3.45. The highest BCUT2D eigenvalue weighted by Gasteiger charge is 2.68. The quantitative estimate of drug-likeness (QED) is 0.425. The largest absolute Gasteiger partial charge is 0.467 e. The Labute approximate surface area is 204 Å². The number of amides is 1. The SMILES string of the molecule is COC(=O)[C@]12CC[C@@H](CN1C(=O)OC(C)(C)C)[C@H]2CCCB1O[C@@H]2C[C@@H]3C[C@@H](C3(C)C)[C@]2(C)O1. The van der Waals surface area contributed by atoms with Crippen molar-refractivity contribution in [1.29, 1.82) is 0 Å². The average Bonchev–Trinajstić information content (AvgIpc) is 3.38. The van der Waals surface area contributed by atoms with Crippen LogP contribution in [0.4, 0.5) is 4.79 Å². The fraction of sp³-hybridized carbons (Fsp3) is 0.923. The lowest BCUT2D eigenvalue weighted by Crippen LogP contribution is -2.65. The molecule has 6 rings (SSSR count). The normalized spacial score (nSPS) is 41.8. The minimum atomic E-state index is -0.912. The van der Waals surface area contributed by atoms with Gasteiger partial charge in [-0.3, -0.25) is 4.90 Å². The van der Waals surface area contributed by atoms with Gasteiger partial charge in [-0.05, 0) is 95.2 Å². The number of hydrogen-bond acceptors (Lipinski definition) is 6. The van der Waals surface area contributed by atoms with Crippen molar-refractivity contribution >= 4 is 19.2 Å². The molecule has 0 unspecified atom stereocenters. The molecule has 6 aliphatic rings. The summed E-state index contributed by atoms with van der Waals surface area (Å²) < 4.78 is 23.9. The zero-order chi connectivity index (χ0) is 24.7. The molecule has 0 aromatic heterocycles. The van der Waals surface area contributed by atoms with E-state index >= 15 is 0 Å². The molecule has 7 nitrogen and oxygen atoms in total. The Bertz CT molecular complexity index is 857. The number of likely N-dealkylation sites (tertiary alicyclic amines) is 1. The molecule has 7 atom stereocenters. The smallest absolute Gasteiger partial charge is 0.457 e. The Balaban J connectivity index is 1.23. The van der Waals surface area contributed by atoms with E-state index in [2.05, 4.69) is 20.8 Å². The minimum Gasteiger partial charge on any atom is -0.467 e. The summed E-state index contributed by atoms with van der Waals surface area (Å²) >= 11 is 0. The van der Waals surface area contributed by atoms with Gasteiger partial charge in [-0.2, -0.15) is 0 Å². The van der Waals surface area contributed by atoms with Crippen LogP contribution in [0.1, 0.15) is 80.1 Å². The molecule has 0 spiro atoms. The van der Waals surface area contributed by atoms with Gasteiger partial charge < -0.3 is 18.8 Å². The molecule has 2 aliphatic heterocycles. The van der Waals surface area contributed by atoms with E-state index in [1.54, 1.807) is 4.90 Å². The summed E-state index contributed by atoms with van der Waals surface area (Å²) in [5.74, 6) is 1.37. The Morgan fingerprint density at radius 3 is 2.56 bits per heavy atom. The zero-order valence-corrected chi connectivity index (χ0v) is 22.0. The summed E-state index contributed by atoms with van der Waals surface area (Å²) in [4.78, 5) is 27.8. The Kier molecular flexibility index (Phi) is 5.65.